The average Bonchev–Trinajstić information content (AvgIpc) is 2.29. The number of nitrogens with zero attached hydrogens (tertiary/aromatic N) is 2. The molecule has 0 amide bonds. The van der Waals surface area contributed by atoms with Crippen molar-refractivity contribution in [3.8, 4) is 0 Å². The van der Waals surface area contributed by atoms with Crippen LogP contribution in [0.2, 0.25) is 0 Å². The predicted octanol–water partition coefficient (Wildman–Crippen LogP) is 2.46. The number of hydrogen-bond acceptors (Lipinski definition) is 1. The lowest BCUT2D eigenvalue weighted by Gasteiger charge is -2.12. The molecule has 0 aromatic carbocycles. The molecule has 0 unspecified atom stereocenters. The van der Waals surface area contributed by atoms with E-state index in [4.69, 9.17) is 0 Å². The SMILES string of the molecule is Brc1ccc2ncc3c([n+]2c1)CCCC3. The summed E-state index contributed by atoms with van der Waals surface area (Å²) in [6, 6.07) is 4.09. The molecule has 0 radical (unpaired) electrons. The Hall–Kier alpha value is -0.960. The number of pyridine rings is 1. The van der Waals surface area contributed by atoms with Gasteiger partial charge in [-0.25, -0.2) is 0 Å². The number of hydrogen-bond donors (Lipinski definition) is 0. The third-order valence-electron chi connectivity index (χ3n) is 3.01. The highest BCUT2D eigenvalue weighted by Gasteiger charge is 2.18. The van der Waals surface area contributed by atoms with Crippen molar-refractivity contribution in [2.75, 3.05) is 0 Å². The van der Waals surface area contributed by atoms with Crippen molar-refractivity contribution in [3.05, 3.63) is 40.3 Å². The fourth-order valence-corrected chi connectivity index (χ4v) is 2.60. The van der Waals surface area contributed by atoms with Crippen LogP contribution in [0.1, 0.15) is 24.1 Å². The molecule has 0 fully saturated rings. The van der Waals surface area contributed by atoms with Gasteiger partial charge in [-0.1, -0.05) is 0 Å². The summed E-state index contributed by atoms with van der Waals surface area (Å²) in [6.07, 6.45) is 9.11. The maximum absolute atomic E-state index is 4.48. The Bertz CT molecular complexity index is 522. The standard InChI is InChI=1S/C12H12BrN2/c13-10-5-6-12-14-7-9-3-1-2-4-11(9)15(12)8-10/h5-8H,1-4H2/q+1. The van der Waals surface area contributed by atoms with Crippen LogP contribution in [-0.2, 0) is 12.8 Å². The van der Waals surface area contributed by atoms with E-state index in [1.54, 1.807) is 0 Å². The molecule has 0 atom stereocenters. The zero-order valence-corrected chi connectivity index (χ0v) is 10.00. The Labute approximate surface area is 97.1 Å². The van der Waals surface area contributed by atoms with Gasteiger partial charge < -0.3 is 0 Å². The smallest absolute Gasteiger partial charge is 0.199 e. The molecule has 76 valence electrons. The summed E-state index contributed by atoms with van der Waals surface area (Å²) in [6.45, 7) is 0. The molecule has 2 aromatic heterocycles. The molecule has 0 bridgehead atoms. The first kappa shape index (κ1) is 9.28. The molecule has 1 aliphatic carbocycles. The molecule has 0 spiro atoms. The number of halogens is 1. The lowest BCUT2D eigenvalue weighted by Crippen LogP contribution is -2.31. The van der Waals surface area contributed by atoms with Crippen LogP contribution in [-0.4, -0.2) is 4.98 Å². The summed E-state index contributed by atoms with van der Waals surface area (Å²) in [5, 5.41) is 0. The van der Waals surface area contributed by atoms with E-state index in [2.05, 4.69) is 37.6 Å². The largest absolute Gasteiger partial charge is 0.327 e. The Kier molecular flexibility index (Phi) is 2.20. The van der Waals surface area contributed by atoms with Crippen LogP contribution in [0.5, 0.6) is 0 Å². The molecule has 15 heavy (non-hydrogen) atoms. The highest BCUT2D eigenvalue weighted by molar-refractivity contribution is 9.10. The monoisotopic (exact) mass is 263 g/mol. The fraction of sp³-hybridized carbons (Fsp3) is 0.333. The predicted molar refractivity (Wildman–Crippen MR) is 61.7 cm³/mol. The van der Waals surface area contributed by atoms with E-state index < -0.39 is 0 Å². The van der Waals surface area contributed by atoms with E-state index in [1.165, 1.54) is 36.9 Å². The molecule has 2 nitrogen and oxygen atoms in total. The van der Waals surface area contributed by atoms with Crippen LogP contribution in [0.15, 0.2) is 29.0 Å². The van der Waals surface area contributed by atoms with Crippen LogP contribution in [0, 0.1) is 0 Å². The van der Waals surface area contributed by atoms with E-state index in [0.29, 0.717) is 0 Å². The second kappa shape index (κ2) is 3.56. The second-order valence-electron chi connectivity index (χ2n) is 4.01. The molecule has 2 heterocycles. The molecule has 3 rings (SSSR count). The molecule has 3 heteroatoms. The second-order valence-corrected chi connectivity index (χ2v) is 4.93. The van der Waals surface area contributed by atoms with Gasteiger partial charge in [0.15, 0.2) is 0 Å². The Morgan fingerprint density at radius 1 is 1.20 bits per heavy atom. The van der Waals surface area contributed by atoms with Crippen molar-refractivity contribution >= 4 is 21.6 Å². The Morgan fingerprint density at radius 3 is 3.00 bits per heavy atom. The maximum Gasteiger partial charge on any atom is 0.327 e. The molecule has 1 aliphatic rings. The minimum Gasteiger partial charge on any atom is -0.199 e. The van der Waals surface area contributed by atoms with Crippen molar-refractivity contribution in [2.24, 2.45) is 0 Å². The van der Waals surface area contributed by atoms with Crippen molar-refractivity contribution in [3.63, 3.8) is 0 Å². The zero-order chi connectivity index (χ0) is 10.3. The van der Waals surface area contributed by atoms with Crippen LogP contribution in [0.25, 0.3) is 5.65 Å². The number of aryl methyl sites for hydroxylation is 2. The van der Waals surface area contributed by atoms with Gasteiger partial charge in [0.25, 0.3) is 0 Å². The molecule has 0 aliphatic heterocycles. The minimum atomic E-state index is 1.04. The number of aromatic nitrogens is 2. The van der Waals surface area contributed by atoms with Crippen molar-refractivity contribution in [1.29, 1.82) is 0 Å². The van der Waals surface area contributed by atoms with Gasteiger partial charge in [0.05, 0.1) is 4.47 Å². The summed E-state index contributed by atoms with van der Waals surface area (Å²) >= 11 is 3.51. The normalized spacial score (nSPS) is 15.3. The first-order valence-corrected chi connectivity index (χ1v) is 6.11. The molecule has 0 saturated heterocycles. The Balaban J connectivity index is 2.34. The van der Waals surface area contributed by atoms with Crippen molar-refractivity contribution in [2.45, 2.75) is 25.7 Å². The quantitative estimate of drug-likeness (QED) is 0.668. The molecule has 0 saturated carbocycles. The number of fused-ring (bicyclic) bond motifs is 3. The maximum atomic E-state index is 4.48. The summed E-state index contributed by atoms with van der Waals surface area (Å²) in [4.78, 5) is 4.48. The summed E-state index contributed by atoms with van der Waals surface area (Å²) < 4.78 is 3.33. The van der Waals surface area contributed by atoms with E-state index in [9.17, 15) is 0 Å². The van der Waals surface area contributed by atoms with Crippen LogP contribution < -0.4 is 4.40 Å². The molecular formula is C12H12BrN2+. The first-order valence-electron chi connectivity index (χ1n) is 5.32. The molecular weight excluding hydrogens is 252 g/mol. The van der Waals surface area contributed by atoms with Gasteiger partial charge in [-0.2, -0.15) is 4.40 Å². The van der Waals surface area contributed by atoms with Gasteiger partial charge in [-0.05, 0) is 46.2 Å². The molecule has 2 aromatic rings. The minimum absolute atomic E-state index is 1.04. The summed E-state index contributed by atoms with van der Waals surface area (Å²) in [5.41, 5.74) is 3.89. The van der Waals surface area contributed by atoms with Crippen LogP contribution in [0.3, 0.4) is 0 Å². The highest BCUT2D eigenvalue weighted by Crippen LogP contribution is 2.18. The third-order valence-corrected chi connectivity index (χ3v) is 3.48. The third kappa shape index (κ3) is 1.55. The fourth-order valence-electron chi connectivity index (χ4n) is 2.26. The van der Waals surface area contributed by atoms with E-state index in [1.807, 2.05) is 12.3 Å². The summed E-state index contributed by atoms with van der Waals surface area (Å²) in [7, 11) is 0. The van der Waals surface area contributed by atoms with E-state index in [0.717, 1.165) is 10.1 Å². The van der Waals surface area contributed by atoms with E-state index in [-0.39, 0.29) is 0 Å². The van der Waals surface area contributed by atoms with Gasteiger partial charge in [-0.15, -0.1) is 0 Å². The first-order chi connectivity index (χ1) is 7.34. The van der Waals surface area contributed by atoms with Crippen molar-refractivity contribution < 1.29 is 4.40 Å². The van der Waals surface area contributed by atoms with Gasteiger partial charge in [0.2, 0.25) is 0 Å². The van der Waals surface area contributed by atoms with Gasteiger partial charge in [0, 0.05) is 18.1 Å². The topological polar surface area (TPSA) is 17.0 Å². The number of rotatable bonds is 0. The average molecular weight is 264 g/mol. The van der Waals surface area contributed by atoms with Gasteiger partial charge >= 0.3 is 5.65 Å². The summed E-state index contributed by atoms with van der Waals surface area (Å²) in [5.74, 6) is 0. The Morgan fingerprint density at radius 2 is 2.07 bits per heavy atom. The zero-order valence-electron chi connectivity index (χ0n) is 8.41. The highest BCUT2D eigenvalue weighted by atomic mass is 79.9. The lowest BCUT2D eigenvalue weighted by molar-refractivity contribution is -0.526. The van der Waals surface area contributed by atoms with Crippen LogP contribution >= 0.6 is 15.9 Å². The van der Waals surface area contributed by atoms with E-state index >= 15 is 0 Å². The lowest BCUT2D eigenvalue weighted by atomic mass is 9.97. The van der Waals surface area contributed by atoms with Gasteiger partial charge in [0.1, 0.15) is 18.1 Å². The molecule has 0 N–H and O–H groups in total. The van der Waals surface area contributed by atoms with Crippen LogP contribution in [0.4, 0.5) is 0 Å². The van der Waals surface area contributed by atoms with Crippen molar-refractivity contribution in [1.82, 2.24) is 4.98 Å². The van der Waals surface area contributed by atoms with Gasteiger partial charge in [-0.3, -0.25) is 0 Å².